The summed E-state index contributed by atoms with van der Waals surface area (Å²) in [6, 6.07) is 39.1. The van der Waals surface area contributed by atoms with Gasteiger partial charge in [-0.25, -0.2) is 19.2 Å². The monoisotopic (exact) mass is 1490 g/mol. The molecular formula is C73H88ClF3N13O14P. The number of halogens is 4. The van der Waals surface area contributed by atoms with Crippen LogP contribution in [0.2, 0.25) is 0 Å². The molecule has 1 unspecified atom stereocenters. The second-order valence-corrected chi connectivity index (χ2v) is 26.3. The number of alkyl carbamates (subject to hydrolysis) is 1. The maximum Gasteiger partial charge on any atom is 0.490 e. The van der Waals surface area contributed by atoms with Crippen molar-refractivity contribution >= 4 is 83.0 Å². The third-order valence-electron chi connectivity index (χ3n) is 16.8. The van der Waals surface area contributed by atoms with Crippen LogP contribution in [0.25, 0.3) is 33.4 Å². The predicted molar refractivity (Wildman–Crippen MR) is 387 cm³/mol. The molecule has 5 aromatic carbocycles. The highest BCUT2D eigenvalue weighted by Crippen LogP contribution is 2.54. The molecule has 3 heterocycles. The molecule has 5 amide bonds. The zero-order chi connectivity index (χ0) is 74.9. The number of nitrogens with zero attached hydrogens (tertiary/aromatic N) is 8. The van der Waals surface area contributed by atoms with Crippen LogP contribution in [0, 0.1) is 0 Å². The van der Waals surface area contributed by atoms with Crippen LogP contribution in [0.15, 0.2) is 149 Å². The molecule has 562 valence electrons. The number of carbonyl (C=O) groups excluding carboxylic acids is 5. The number of hydrogen-bond donors (Lipinski definition) is 6. The standard InChI is InChI=1S/C71H86N13O12P.C2HF3O2.ClH/c1-7-80(8-2)56-31-37-62-64(46-56)92-65-47-57(81(9-3)10-4)32-38-63(65)68(62)60-20-15-16-21-61(60)69(88)83-42-40-82(41-43-83)67(87)22-14-12-11-13-17-39-84-48-55(78-79-84)19-18-44-91-71(89)77-66(45-51-23-25-54(26-24-51)76-70(72)73)97(90,95-93-58-33-27-52(28-34-58)74-49(5)85)96-94-59-35-29-53(30-36-59)75-50(6)86;3-2(4,5)1(6)7;/h15-16,20-21,23-38,46-48,66H,7-14,17-19,22,39-45H2,1-6H3,(H6-,72,73,74,75,76,77,85,86,89);(H,6,7);1H. The Balaban J connectivity index is 0.00000183. The van der Waals surface area contributed by atoms with Gasteiger partial charge in [0.2, 0.25) is 23.1 Å². The van der Waals surface area contributed by atoms with E-state index in [1.807, 2.05) is 40.3 Å². The summed E-state index contributed by atoms with van der Waals surface area (Å²) in [7, 11) is -4.74. The molecule has 105 heavy (non-hydrogen) atoms. The lowest BCUT2D eigenvalue weighted by molar-refractivity contribution is -0.192. The number of benzene rings is 6. The van der Waals surface area contributed by atoms with Crippen molar-refractivity contribution in [2.24, 2.45) is 16.5 Å². The molecule has 2 aliphatic heterocycles. The van der Waals surface area contributed by atoms with Gasteiger partial charge in [0.1, 0.15) is 30.2 Å². The van der Waals surface area contributed by atoms with Crippen molar-refractivity contribution in [1.82, 2.24) is 34.7 Å². The van der Waals surface area contributed by atoms with E-state index in [-0.39, 0.29) is 66.5 Å². The lowest BCUT2D eigenvalue weighted by Crippen LogP contribution is -3.00. The fourth-order valence-corrected chi connectivity index (χ4v) is 12.9. The van der Waals surface area contributed by atoms with Crippen molar-refractivity contribution in [3.8, 4) is 33.9 Å². The fourth-order valence-electron chi connectivity index (χ4n) is 11.6. The number of nitrogens with one attached hydrogen (secondary N) is 3. The molecule has 1 fully saturated rings. The summed E-state index contributed by atoms with van der Waals surface area (Å²) in [6.45, 7) is 17.2. The molecule has 1 saturated heterocycles. The number of nitrogens with two attached hydrogens (primary N) is 2. The number of unbranched alkanes of at least 4 members (excludes halogenated alkanes) is 4. The highest BCUT2D eigenvalue weighted by molar-refractivity contribution is 7.54. The highest BCUT2D eigenvalue weighted by Gasteiger charge is 2.43. The Kier molecular flexibility index (Phi) is 30.6. The molecule has 27 nitrogen and oxygen atoms in total. The third kappa shape index (κ3) is 24.0. The molecule has 9 rings (SSSR count). The molecule has 1 aromatic heterocycles. The fraction of sp³-hybridized carbons (Fsp3) is 0.370. The number of aryl methyl sites for hydroxylation is 2. The third-order valence-corrected chi connectivity index (χ3v) is 18.5. The number of hydrogen-bond acceptors (Lipinski definition) is 17. The summed E-state index contributed by atoms with van der Waals surface area (Å²) in [5, 5.41) is 25.7. The van der Waals surface area contributed by atoms with E-state index in [9.17, 15) is 41.7 Å². The number of aromatic nitrogens is 3. The number of aliphatic imine (C=N–C) groups is 1. The van der Waals surface area contributed by atoms with Gasteiger partial charge < -0.3 is 78.6 Å². The van der Waals surface area contributed by atoms with Gasteiger partial charge in [0.15, 0.2) is 17.5 Å². The maximum atomic E-state index is 15.0. The topological polar surface area (TPSA) is 343 Å². The van der Waals surface area contributed by atoms with E-state index in [4.69, 9.17) is 49.6 Å². The molecule has 0 saturated carbocycles. The number of guanidine groups is 1. The van der Waals surface area contributed by atoms with E-state index < -0.39 is 31.6 Å². The molecule has 0 bridgehead atoms. The van der Waals surface area contributed by atoms with Gasteiger partial charge in [0.05, 0.1) is 24.1 Å². The Morgan fingerprint density at radius 2 is 1.32 bits per heavy atom. The highest BCUT2D eigenvalue weighted by atomic mass is 35.5. The molecule has 3 aliphatic rings. The number of alkyl halides is 3. The summed E-state index contributed by atoms with van der Waals surface area (Å²) >= 11 is 0. The lowest BCUT2D eigenvalue weighted by Gasteiger charge is -2.35. The van der Waals surface area contributed by atoms with Crippen molar-refractivity contribution < 1.29 is 92.3 Å². The smallest absolute Gasteiger partial charge is 0.490 e. The second-order valence-electron chi connectivity index (χ2n) is 24.3. The first-order valence-electron chi connectivity index (χ1n) is 34.3. The predicted octanol–water partition coefficient (Wildman–Crippen LogP) is 8.68. The van der Waals surface area contributed by atoms with Crippen LogP contribution >= 0.6 is 7.60 Å². The number of fused-ring (bicyclic) bond motifs is 2. The molecule has 0 radical (unpaired) electrons. The van der Waals surface area contributed by atoms with Crippen LogP contribution < -0.4 is 64.4 Å². The number of carboxylic acid groups (broad SMARTS) is 1. The quantitative estimate of drug-likeness (QED) is 0.00335. The Morgan fingerprint density at radius 3 is 1.90 bits per heavy atom. The zero-order valence-corrected chi connectivity index (χ0v) is 60.9. The van der Waals surface area contributed by atoms with Crippen molar-refractivity contribution in [2.45, 2.75) is 118 Å². The summed E-state index contributed by atoms with van der Waals surface area (Å²) in [4.78, 5) is 95.0. The normalized spacial score (nSPS) is 12.4. The van der Waals surface area contributed by atoms with Gasteiger partial charge in [-0.05, 0) is 149 Å². The van der Waals surface area contributed by atoms with Crippen LogP contribution in [-0.4, -0.2) is 142 Å². The van der Waals surface area contributed by atoms with Gasteiger partial charge in [-0.3, -0.25) is 28.4 Å². The average molecular weight is 1500 g/mol. The first-order chi connectivity index (χ1) is 49.9. The number of amides is 5. The van der Waals surface area contributed by atoms with Gasteiger partial charge in [-0.1, -0.05) is 64.2 Å². The van der Waals surface area contributed by atoms with E-state index >= 15 is 0 Å². The Labute approximate surface area is 611 Å². The first-order valence-corrected chi connectivity index (χ1v) is 35.9. The molecule has 8 N–H and O–H groups in total. The van der Waals surface area contributed by atoms with E-state index in [1.54, 1.807) is 28.9 Å². The Bertz CT molecular complexity index is 4280. The van der Waals surface area contributed by atoms with Crippen LogP contribution in [0.3, 0.4) is 0 Å². The summed E-state index contributed by atoms with van der Waals surface area (Å²) in [6.07, 6.45) is 1.36. The molecular weight excluding hydrogens is 1410 g/mol. The molecule has 6 aromatic rings. The largest absolute Gasteiger partial charge is 1.00 e. The summed E-state index contributed by atoms with van der Waals surface area (Å²) in [5.74, 6) is -4.06. The minimum Gasteiger partial charge on any atom is -1.00 e. The number of rotatable bonds is 32. The van der Waals surface area contributed by atoms with Gasteiger partial charge >= 0.3 is 25.8 Å². The van der Waals surface area contributed by atoms with Crippen LogP contribution in [0.1, 0.15) is 108 Å². The van der Waals surface area contributed by atoms with E-state index in [1.165, 1.54) is 62.4 Å². The van der Waals surface area contributed by atoms with Crippen molar-refractivity contribution in [2.75, 3.05) is 74.5 Å². The van der Waals surface area contributed by atoms with Crippen molar-refractivity contribution in [3.63, 3.8) is 0 Å². The Morgan fingerprint density at radius 1 is 0.733 bits per heavy atom. The summed E-state index contributed by atoms with van der Waals surface area (Å²) in [5.41, 5.74) is 19.0. The SMILES string of the molecule is CCN(CC)c1ccc2c(-c3ccccc3C(=O)N3CCN(C(=O)CCCCCCCn4cc(CCCOC(=O)NC(Cc5ccc(N=C(N)N)cc5)P(=O)(OOc5ccc(NC(C)=O)cc5)OOc5ccc(NC(C)=O)cc5)nn4)CC3)c3ccc(=[N+](CC)CC)cc-3oc2c1.O=C(O)C(F)(F)F.[Cl-]. The zero-order valence-electron chi connectivity index (χ0n) is 59.2. The Hall–Kier alpha value is -10.6. The lowest BCUT2D eigenvalue weighted by atomic mass is 9.90. The molecule has 1 aliphatic carbocycles. The van der Waals surface area contributed by atoms with Gasteiger partial charge in [0.25, 0.3) is 5.91 Å². The van der Waals surface area contributed by atoms with E-state index in [0.29, 0.717) is 85.9 Å². The van der Waals surface area contributed by atoms with E-state index in [0.717, 1.165) is 103 Å². The molecule has 1 atom stereocenters. The van der Waals surface area contributed by atoms with Gasteiger partial charge in [-0.15, -0.1) is 5.10 Å². The second kappa shape index (κ2) is 39.4. The number of carbonyl (C=O) groups is 6. The average Bonchev–Trinajstić information content (AvgIpc) is 1.51. The number of aliphatic carboxylic acids is 1. The number of anilines is 3. The van der Waals surface area contributed by atoms with E-state index in [2.05, 4.69) is 105 Å². The number of carboxylic acids is 1. The minimum absolute atomic E-state index is 0. The van der Waals surface area contributed by atoms with Gasteiger partial charge in [-0.2, -0.15) is 13.2 Å². The first kappa shape index (κ1) is 81.7. The molecule has 32 heteroatoms. The van der Waals surface area contributed by atoms with Crippen molar-refractivity contribution in [3.05, 3.63) is 162 Å². The maximum absolute atomic E-state index is 15.0. The van der Waals surface area contributed by atoms with Crippen molar-refractivity contribution in [1.29, 1.82) is 0 Å². The number of ether oxygens (including phenoxy) is 1. The van der Waals surface area contributed by atoms with Crippen LogP contribution in [0.4, 0.5) is 40.7 Å². The number of piperazine rings is 1. The van der Waals surface area contributed by atoms with Gasteiger partial charge in [0, 0.05) is 130 Å². The molecule has 0 spiro atoms. The minimum atomic E-state index is -5.08. The van der Waals surface area contributed by atoms with Crippen LogP contribution in [0.5, 0.6) is 11.5 Å². The summed E-state index contributed by atoms with van der Waals surface area (Å²) < 4.78 is 74.3. The van der Waals surface area contributed by atoms with Crippen LogP contribution in [-0.2, 0) is 57.2 Å².